The normalized spacial score (nSPS) is 15.7. The number of rotatable bonds is 7. The fourth-order valence-electron chi connectivity index (χ4n) is 4.70. The maximum atomic E-state index is 13.3. The molecule has 35 heavy (non-hydrogen) atoms. The Hall–Kier alpha value is -2.71. The largest absolute Gasteiger partial charge is 0.497 e. The van der Waals surface area contributed by atoms with Crippen LogP contribution in [-0.4, -0.2) is 52.1 Å². The number of fused-ring (bicyclic) bond motifs is 1. The van der Waals surface area contributed by atoms with Crippen LogP contribution in [0.5, 0.6) is 5.75 Å². The molecule has 0 radical (unpaired) electrons. The van der Waals surface area contributed by atoms with Crippen molar-refractivity contribution in [2.45, 2.75) is 35.7 Å². The van der Waals surface area contributed by atoms with Gasteiger partial charge in [-0.25, -0.2) is 4.98 Å². The van der Waals surface area contributed by atoms with Crippen molar-refractivity contribution in [3.63, 3.8) is 0 Å². The maximum Gasteiger partial charge on any atom is 0.272 e. The molecule has 1 amide bonds. The van der Waals surface area contributed by atoms with Crippen LogP contribution in [0.1, 0.15) is 24.1 Å². The molecule has 0 saturated carbocycles. The molecule has 1 saturated heterocycles. The number of ether oxygens (including phenoxy) is 1. The number of piperidine rings is 1. The molecule has 0 spiro atoms. The van der Waals surface area contributed by atoms with Gasteiger partial charge in [0.05, 0.1) is 29.1 Å². The van der Waals surface area contributed by atoms with Crippen LogP contribution < -0.4 is 10.3 Å². The van der Waals surface area contributed by atoms with Gasteiger partial charge < -0.3 is 9.64 Å². The van der Waals surface area contributed by atoms with Crippen LogP contribution in [0, 0.1) is 5.92 Å². The topological polar surface area (TPSA) is 64.4 Å². The first-order valence-corrected chi connectivity index (χ1v) is 14.0. The molecule has 3 heterocycles. The van der Waals surface area contributed by atoms with Crippen LogP contribution in [0.4, 0.5) is 0 Å². The summed E-state index contributed by atoms with van der Waals surface area (Å²) in [5, 5.41) is 0.578. The average molecular weight is 508 g/mol. The lowest BCUT2D eigenvalue weighted by Crippen LogP contribution is -2.40. The Balaban J connectivity index is 1.26. The highest BCUT2D eigenvalue weighted by molar-refractivity contribution is 8.00. The van der Waals surface area contributed by atoms with Gasteiger partial charge in [-0.2, -0.15) is 0 Å². The van der Waals surface area contributed by atoms with Crippen LogP contribution in [-0.2, 0) is 17.6 Å². The average Bonchev–Trinajstić information content (AvgIpc) is 3.38. The number of hydrogen-bond donors (Lipinski definition) is 0. The van der Waals surface area contributed by atoms with Gasteiger partial charge in [0.25, 0.3) is 5.56 Å². The Kier molecular flexibility index (Phi) is 7.48. The number of nitrogens with zero attached hydrogens (tertiary/aromatic N) is 3. The number of aryl methyl sites for hydroxylation is 1. The van der Waals surface area contributed by atoms with Crippen LogP contribution in [0.15, 0.2) is 69.4 Å². The van der Waals surface area contributed by atoms with E-state index in [1.807, 2.05) is 35.2 Å². The van der Waals surface area contributed by atoms with Crippen LogP contribution >= 0.6 is 23.5 Å². The minimum Gasteiger partial charge on any atom is -0.497 e. The fraction of sp³-hybridized carbons (Fsp3) is 0.370. The summed E-state index contributed by atoms with van der Waals surface area (Å²) in [5.74, 6) is 2.59. The number of likely N-dealkylation sites (tertiary alicyclic amines) is 1. The van der Waals surface area contributed by atoms with Gasteiger partial charge in [-0.1, -0.05) is 42.1 Å². The highest BCUT2D eigenvalue weighted by atomic mass is 32.2. The molecule has 0 bridgehead atoms. The molecule has 0 N–H and O–H groups in total. The third kappa shape index (κ3) is 5.43. The summed E-state index contributed by atoms with van der Waals surface area (Å²) in [5.41, 5.74) is 2.89. The summed E-state index contributed by atoms with van der Waals surface area (Å²) in [7, 11) is 1.62. The van der Waals surface area contributed by atoms with Crippen LogP contribution in [0.25, 0.3) is 5.69 Å². The number of aromatic nitrogens is 2. The van der Waals surface area contributed by atoms with E-state index in [0.29, 0.717) is 11.1 Å². The molecule has 1 fully saturated rings. The van der Waals surface area contributed by atoms with Gasteiger partial charge in [0, 0.05) is 25.3 Å². The van der Waals surface area contributed by atoms with Gasteiger partial charge in [-0.15, -0.1) is 11.8 Å². The third-order valence-corrected chi connectivity index (χ3v) is 8.69. The molecule has 0 atom stereocenters. The molecule has 0 unspecified atom stereocenters. The predicted octanol–water partition coefficient (Wildman–Crippen LogP) is 4.46. The summed E-state index contributed by atoms with van der Waals surface area (Å²) in [4.78, 5) is 33.9. The number of methoxy groups -OCH3 is 1. The lowest BCUT2D eigenvalue weighted by Gasteiger charge is -2.32. The lowest BCUT2D eigenvalue weighted by atomic mass is 9.90. The van der Waals surface area contributed by atoms with E-state index in [1.165, 1.54) is 17.3 Å². The molecular formula is C27H29N3O3S2. The molecule has 6 nitrogen and oxygen atoms in total. The predicted molar refractivity (Wildman–Crippen MR) is 141 cm³/mol. The van der Waals surface area contributed by atoms with E-state index in [2.05, 4.69) is 24.3 Å². The van der Waals surface area contributed by atoms with E-state index in [0.717, 1.165) is 66.6 Å². The highest BCUT2D eigenvalue weighted by Gasteiger charge is 2.26. The Bertz CT molecular complexity index is 1240. The van der Waals surface area contributed by atoms with E-state index in [4.69, 9.17) is 9.72 Å². The van der Waals surface area contributed by atoms with Gasteiger partial charge >= 0.3 is 0 Å². The Morgan fingerprint density at radius 3 is 2.57 bits per heavy atom. The van der Waals surface area contributed by atoms with E-state index in [-0.39, 0.29) is 17.2 Å². The molecular weight excluding hydrogens is 478 g/mol. The van der Waals surface area contributed by atoms with Crippen molar-refractivity contribution in [3.8, 4) is 11.4 Å². The first kappa shape index (κ1) is 24.0. The second kappa shape index (κ2) is 10.9. The number of amides is 1. The summed E-state index contributed by atoms with van der Waals surface area (Å²) in [6.07, 6.45) is 3.91. The first-order valence-electron chi connectivity index (χ1n) is 12.0. The molecule has 8 heteroatoms. The molecule has 5 rings (SSSR count). The standard InChI is InChI=1S/C27H29N3O3S2/c1-33-22-9-7-21(8-10-22)30-26(32)25-23(13-16-34-25)28-27(30)35-18-24(31)29-14-11-20(12-15-29)17-19-5-3-2-4-6-19/h2-10,20H,11-18H2,1H3. The minimum absolute atomic E-state index is 0.0562. The quantitative estimate of drug-likeness (QED) is 0.348. The zero-order valence-corrected chi connectivity index (χ0v) is 21.4. The van der Waals surface area contributed by atoms with Gasteiger partial charge in [0.1, 0.15) is 5.75 Å². The van der Waals surface area contributed by atoms with Crippen LogP contribution in [0.3, 0.4) is 0 Å². The summed E-state index contributed by atoms with van der Waals surface area (Å²) in [6.45, 7) is 1.58. The van der Waals surface area contributed by atoms with Crippen molar-refractivity contribution in [2.75, 3.05) is 31.7 Å². The molecule has 182 valence electrons. The van der Waals surface area contributed by atoms with E-state index in [1.54, 1.807) is 23.4 Å². The second-order valence-electron chi connectivity index (χ2n) is 8.91. The summed E-state index contributed by atoms with van der Waals surface area (Å²) < 4.78 is 6.90. The smallest absolute Gasteiger partial charge is 0.272 e. The van der Waals surface area contributed by atoms with Crippen molar-refractivity contribution < 1.29 is 9.53 Å². The summed E-state index contributed by atoms with van der Waals surface area (Å²) in [6, 6.07) is 18.0. The highest BCUT2D eigenvalue weighted by Crippen LogP contribution is 2.31. The zero-order chi connectivity index (χ0) is 24.2. The number of carbonyl (C=O) groups excluding carboxylic acids is 1. The zero-order valence-electron chi connectivity index (χ0n) is 19.8. The molecule has 2 aliphatic rings. The van der Waals surface area contributed by atoms with Gasteiger partial charge in [0.15, 0.2) is 5.16 Å². The number of thioether (sulfide) groups is 2. The molecule has 3 aromatic rings. The van der Waals surface area contributed by atoms with Crippen molar-refractivity contribution in [2.24, 2.45) is 5.92 Å². The number of carbonyl (C=O) groups is 1. The maximum absolute atomic E-state index is 13.3. The van der Waals surface area contributed by atoms with Gasteiger partial charge in [-0.05, 0) is 55.0 Å². The van der Waals surface area contributed by atoms with Gasteiger partial charge in [0.2, 0.25) is 5.91 Å². The first-order chi connectivity index (χ1) is 17.1. The number of hydrogen-bond acceptors (Lipinski definition) is 6. The van der Waals surface area contributed by atoms with Gasteiger partial charge in [-0.3, -0.25) is 14.2 Å². The van der Waals surface area contributed by atoms with Crippen molar-refractivity contribution in [1.82, 2.24) is 14.5 Å². The SMILES string of the molecule is COc1ccc(-n2c(SCC(=O)N3CCC(Cc4ccccc4)CC3)nc3c(c2=O)SCC3)cc1. The molecule has 2 aromatic carbocycles. The summed E-state index contributed by atoms with van der Waals surface area (Å²) >= 11 is 2.92. The molecule has 1 aromatic heterocycles. The molecule has 2 aliphatic heterocycles. The lowest BCUT2D eigenvalue weighted by molar-refractivity contribution is -0.129. The Morgan fingerprint density at radius 2 is 1.86 bits per heavy atom. The van der Waals surface area contributed by atoms with Crippen molar-refractivity contribution in [3.05, 3.63) is 76.2 Å². The second-order valence-corrected chi connectivity index (χ2v) is 11.0. The monoisotopic (exact) mass is 507 g/mol. The Labute approximate surface area is 214 Å². The Morgan fingerprint density at radius 1 is 1.11 bits per heavy atom. The van der Waals surface area contributed by atoms with Crippen molar-refractivity contribution >= 4 is 29.4 Å². The number of benzene rings is 2. The van der Waals surface area contributed by atoms with E-state index < -0.39 is 0 Å². The van der Waals surface area contributed by atoms with E-state index in [9.17, 15) is 9.59 Å². The third-order valence-electron chi connectivity index (χ3n) is 6.66. The van der Waals surface area contributed by atoms with E-state index >= 15 is 0 Å². The molecule has 0 aliphatic carbocycles. The van der Waals surface area contributed by atoms with Crippen LogP contribution in [0.2, 0.25) is 0 Å². The fourth-order valence-corrected chi connectivity index (χ4v) is 6.66. The minimum atomic E-state index is -0.0562. The van der Waals surface area contributed by atoms with Crippen molar-refractivity contribution in [1.29, 1.82) is 0 Å².